The second kappa shape index (κ2) is 6.36. The minimum Gasteiger partial charge on any atom is -0.466 e. The topological polar surface area (TPSA) is 111 Å². The zero-order valence-electron chi connectivity index (χ0n) is 11.2. The number of carbonyl (C=O) groups excluding carboxylic acids is 1. The quantitative estimate of drug-likeness (QED) is 0.820. The number of nitrogens with two attached hydrogens (primary N) is 1. The third-order valence-corrected chi connectivity index (χ3v) is 2.96. The number of rotatable bonds is 4. The maximum absolute atomic E-state index is 12.0. The van der Waals surface area contributed by atoms with E-state index in [-0.39, 0.29) is 30.2 Å². The predicted molar refractivity (Wildman–Crippen MR) is 77.8 cm³/mol. The van der Waals surface area contributed by atoms with Gasteiger partial charge in [-0.3, -0.25) is 14.6 Å². The van der Waals surface area contributed by atoms with Crippen molar-refractivity contribution in [2.75, 3.05) is 12.3 Å². The molecule has 2 aromatic heterocycles. The Morgan fingerprint density at radius 2 is 2.29 bits per heavy atom. The van der Waals surface area contributed by atoms with Gasteiger partial charge in [-0.15, -0.1) is 0 Å². The number of nitrogens with zero attached hydrogens (tertiary/aromatic N) is 2. The van der Waals surface area contributed by atoms with Gasteiger partial charge in [0.2, 0.25) is 0 Å². The molecule has 21 heavy (non-hydrogen) atoms. The third-order valence-electron chi connectivity index (χ3n) is 2.66. The van der Waals surface area contributed by atoms with Crippen LogP contribution in [0.5, 0.6) is 0 Å². The Kier molecular flexibility index (Phi) is 4.54. The zero-order valence-corrected chi connectivity index (χ0v) is 12.0. The van der Waals surface area contributed by atoms with E-state index in [0.29, 0.717) is 10.7 Å². The van der Waals surface area contributed by atoms with E-state index in [4.69, 9.17) is 22.1 Å². The Morgan fingerprint density at radius 1 is 1.52 bits per heavy atom. The van der Waals surface area contributed by atoms with Crippen molar-refractivity contribution in [1.82, 2.24) is 15.0 Å². The lowest BCUT2D eigenvalue weighted by Crippen LogP contribution is -2.22. The van der Waals surface area contributed by atoms with E-state index < -0.39 is 11.5 Å². The molecule has 2 rings (SSSR count). The number of ether oxygens (including phenoxy) is 1. The number of hydrogen-bond acceptors (Lipinski definition) is 6. The smallest absolute Gasteiger partial charge is 0.310 e. The van der Waals surface area contributed by atoms with E-state index in [9.17, 15) is 9.59 Å². The van der Waals surface area contributed by atoms with Crippen molar-refractivity contribution < 1.29 is 9.53 Å². The van der Waals surface area contributed by atoms with Crippen LogP contribution < -0.4 is 11.3 Å². The molecular weight excluding hydrogens is 296 g/mol. The van der Waals surface area contributed by atoms with E-state index in [1.165, 1.54) is 6.20 Å². The van der Waals surface area contributed by atoms with Gasteiger partial charge in [-0.2, -0.15) is 0 Å². The Morgan fingerprint density at radius 3 is 2.90 bits per heavy atom. The summed E-state index contributed by atoms with van der Waals surface area (Å²) in [6.07, 6.45) is 1.28. The van der Waals surface area contributed by atoms with Gasteiger partial charge in [0.25, 0.3) is 5.56 Å². The molecule has 2 aromatic rings. The number of H-pyrrole nitrogens is 1. The van der Waals surface area contributed by atoms with Gasteiger partial charge in [-0.05, 0) is 19.1 Å². The van der Waals surface area contributed by atoms with Crippen LogP contribution in [-0.2, 0) is 16.0 Å². The van der Waals surface area contributed by atoms with Gasteiger partial charge >= 0.3 is 5.97 Å². The number of hydrogen-bond donors (Lipinski definition) is 2. The first kappa shape index (κ1) is 15.0. The summed E-state index contributed by atoms with van der Waals surface area (Å²) in [5, 5.41) is 0.332. The maximum Gasteiger partial charge on any atom is 0.310 e. The molecule has 0 aliphatic heterocycles. The van der Waals surface area contributed by atoms with Gasteiger partial charge in [0, 0.05) is 6.20 Å². The number of anilines is 1. The fraction of sp³-hybridized carbons (Fsp3) is 0.231. The highest BCUT2D eigenvalue weighted by atomic mass is 35.5. The van der Waals surface area contributed by atoms with Crippen molar-refractivity contribution in [3.8, 4) is 11.5 Å². The summed E-state index contributed by atoms with van der Waals surface area (Å²) < 4.78 is 4.78. The molecule has 110 valence electrons. The third kappa shape index (κ3) is 3.38. The Balaban J connectivity index is 2.40. The molecule has 0 unspecified atom stereocenters. The number of nitrogens with one attached hydrogen (secondary N) is 1. The highest BCUT2D eigenvalue weighted by Crippen LogP contribution is 2.22. The second-order valence-corrected chi connectivity index (χ2v) is 4.50. The average Bonchev–Trinajstić information content (AvgIpc) is 2.43. The number of carbonyl (C=O) groups is 1. The van der Waals surface area contributed by atoms with Crippen LogP contribution in [0.15, 0.2) is 23.1 Å². The maximum atomic E-state index is 12.0. The van der Waals surface area contributed by atoms with Crippen molar-refractivity contribution in [2.45, 2.75) is 13.3 Å². The summed E-state index contributed by atoms with van der Waals surface area (Å²) in [6.45, 7) is 1.90. The van der Waals surface area contributed by atoms with Gasteiger partial charge in [-0.25, -0.2) is 4.98 Å². The van der Waals surface area contributed by atoms with Gasteiger partial charge in [0.05, 0.1) is 23.6 Å². The number of aromatic amines is 1. The van der Waals surface area contributed by atoms with E-state index in [0.717, 1.165) is 0 Å². The van der Waals surface area contributed by atoms with Crippen LogP contribution in [0.25, 0.3) is 11.5 Å². The van der Waals surface area contributed by atoms with E-state index in [2.05, 4.69) is 15.0 Å². The summed E-state index contributed by atoms with van der Waals surface area (Å²) in [5.41, 5.74) is 5.59. The summed E-state index contributed by atoms with van der Waals surface area (Å²) >= 11 is 5.99. The molecule has 0 radical (unpaired) electrons. The molecule has 0 aromatic carbocycles. The monoisotopic (exact) mass is 308 g/mol. The number of pyridine rings is 1. The van der Waals surface area contributed by atoms with Crippen LogP contribution in [0, 0.1) is 0 Å². The Bertz CT molecular complexity index is 730. The Labute approximate surface area is 125 Å². The Hall–Kier alpha value is -2.41. The lowest BCUT2D eigenvalue weighted by atomic mass is 10.2. The lowest BCUT2D eigenvalue weighted by molar-refractivity contribution is -0.142. The van der Waals surface area contributed by atoms with Crippen LogP contribution in [0.4, 0.5) is 5.82 Å². The van der Waals surface area contributed by atoms with Crippen LogP contribution in [-0.4, -0.2) is 27.5 Å². The SMILES string of the molecule is CCOC(=O)Cc1c(N)nc(-c2ncccc2Cl)[nH]c1=O. The van der Waals surface area contributed by atoms with Crippen molar-refractivity contribution in [1.29, 1.82) is 0 Å². The summed E-state index contributed by atoms with van der Waals surface area (Å²) in [7, 11) is 0. The van der Waals surface area contributed by atoms with Crippen molar-refractivity contribution >= 4 is 23.4 Å². The minimum absolute atomic E-state index is 0.0523. The van der Waals surface area contributed by atoms with Gasteiger partial charge in [0.15, 0.2) is 5.82 Å². The fourth-order valence-corrected chi connectivity index (χ4v) is 1.93. The number of halogens is 1. The van der Waals surface area contributed by atoms with E-state index in [1.807, 2.05) is 0 Å². The molecule has 0 aliphatic rings. The molecular formula is C13H13ClN4O3. The summed E-state index contributed by atoms with van der Waals surface area (Å²) in [4.78, 5) is 34.1. The number of esters is 1. The number of nitrogen functional groups attached to an aromatic ring is 1. The van der Waals surface area contributed by atoms with Gasteiger partial charge < -0.3 is 15.5 Å². The molecule has 7 nitrogen and oxygen atoms in total. The summed E-state index contributed by atoms with van der Waals surface area (Å²) in [6, 6.07) is 3.27. The van der Waals surface area contributed by atoms with Crippen molar-refractivity contribution in [3.05, 3.63) is 39.3 Å². The molecule has 2 heterocycles. The first-order chi connectivity index (χ1) is 10.0. The van der Waals surface area contributed by atoms with Gasteiger partial charge in [-0.1, -0.05) is 11.6 Å². The molecule has 0 aliphatic carbocycles. The largest absolute Gasteiger partial charge is 0.466 e. The molecule has 0 bridgehead atoms. The van der Waals surface area contributed by atoms with Crippen LogP contribution >= 0.6 is 11.6 Å². The standard InChI is InChI=1S/C13H13ClN4O3/c1-2-21-9(19)6-7-11(15)17-12(18-13(7)20)10-8(14)4-3-5-16-10/h3-5H,2,6H2,1H3,(H3,15,17,18,20). The molecule has 3 N–H and O–H groups in total. The van der Waals surface area contributed by atoms with E-state index >= 15 is 0 Å². The van der Waals surface area contributed by atoms with Crippen molar-refractivity contribution in [3.63, 3.8) is 0 Å². The highest BCUT2D eigenvalue weighted by molar-refractivity contribution is 6.32. The molecule has 0 fully saturated rings. The average molecular weight is 309 g/mol. The first-order valence-corrected chi connectivity index (χ1v) is 6.56. The fourth-order valence-electron chi connectivity index (χ4n) is 1.71. The van der Waals surface area contributed by atoms with Gasteiger partial charge in [0.1, 0.15) is 11.5 Å². The van der Waals surface area contributed by atoms with Crippen molar-refractivity contribution in [2.24, 2.45) is 0 Å². The van der Waals surface area contributed by atoms with Crippen LogP contribution in [0.2, 0.25) is 5.02 Å². The predicted octanol–water partition coefficient (Wildman–Crippen LogP) is 1.17. The number of aromatic nitrogens is 3. The van der Waals surface area contributed by atoms with Crippen LogP contribution in [0.3, 0.4) is 0 Å². The molecule has 8 heteroatoms. The molecule has 0 amide bonds. The van der Waals surface area contributed by atoms with Crippen LogP contribution in [0.1, 0.15) is 12.5 Å². The second-order valence-electron chi connectivity index (χ2n) is 4.09. The normalized spacial score (nSPS) is 10.4. The van der Waals surface area contributed by atoms with E-state index in [1.54, 1.807) is 19.1 Å². The summed E-state index contributed by atoms with van der Waals surface area (Å²) in [5.74, 6) is -0.445. The molecule has 0 saturated carbocycles. The zero-order chi connectivity index (χ0) is 15.4. The molecule has 0 atom stereocenters. The minimum atomic E-state index is -0.542. The molecule has 0 saturated heterocycles. The highest BCUT2D eigenvalue weighted by Gasteiger charge is 2.16. The first-order valence-electron chi connectivity index (χ1n) is 6.18. The molecule has 0 spiro atoms. The lowest BCUT2D eigenvalue weighted by Gasteiger charge is -2.07.